The van der Waals surface area contributed by atoms with Crippen molar-refractivity contribution in [3.05, 3.63) is 88.7 Å². The summed E-state index contributed by atoms with van der Waals surface area (Å²) >= 11 is 1.08. The molecule has 2 radical (unpaired) electrons. The predicted octanol–water partition coefficient (Wildman–Crippen LogP) is 0.0398. The van der Waals surface area contributed by atoms with Crippen molar-refractivity contribution in [3.63, 3.8) is 0 Å². The Morgan fingerprint density at radius 1 is 0.618 bits per heavy atom. The van der Waals surface area contributed by atoms with Gasteiger partial charge in [0.2, 0.25) is 41.4 Å². The summed E-state index contributed by atoms with van der Waals surface area (Å²) in [6.07, 6.45) is -1.20. The van der Waals surface area contributed by atoms with Crippen molar-refractivity contribution in [2.45, 2.75) is 82.2 Å². The maximum absolute atomic E-state index is 14.4. The number of carbonyl (C=O) groups is 9. The van der Waals surface area contributed by atoms with Gasteiger partial charge in [0.1, 0.15) is 36.3 Å². The number of H-pyrrole nitrogens is 1. The molecule has 2 saturated heterocycles. The van der Waals surface area contributed by atoms with Crippen LogP contribution in [0.25, 0.3) is 10.9 Å². The van der Waals surface area contributed by atoms with E-state index < -0.39 is 109 Å². The van der Waals surface area contributed by atoms with E-state index in [2.05, 4.69) is 41.8 Å². The SMILES string of the molecule is CC(C)C[C@@H]1NC(=O)[C@@H](c2cccs2)NC(=O)[C@H](CC(=O)O)NC(=O)[C@H](CC(=O)N2CCN(c3ccccc3)CC2)NC(=O)[C@@H](CC(=O)O)NC(=O)[C@@H](Cc2c[nH]c3ccccc23)NC1=O.[Na].[Na]. The maximum atomic E-state index is 14.4. The fourth-order valence-corrected chi connectivity index (χ4v) is 8.65. The third kappa shape index (κ3) is 15.1. The van der Waals surface area contributed by atoms with Gasteiger partial charge in [-0.1, -0.05) is 56.3 Å². The average molecular weight is 974 g/mol. The predicted molar refractivity (Wildman–Crippen MR) is 252 cm³/mol. The number of anilines is 1. The molecule has 20 nitrogen and oxygen atoms in total. The largest absolute Gasteiger partial charge is 0.481 e. The monoisotopic (exact) mass is 973 g/mol. The average Bonchev–Trinajstić information content (AvgIpc) is 3.97. The summed E-state index contributed by atoms with van der Waals surface area (Å²) in [7, 11) is 0. The van der Waals surface area contributed by atoms with E-state index in [9.17, 15) is 53.4 Å². The first-order chi connectivity index (χ1) is 31.6. The van der Waals surface area contributed by atoms with Crippen molar-refractivity contribution >= 4 is 140 Å². The first-order valence-corrected chi connectivity index (χ1v) is 22.4. The molecule has 0 unspecified atom stereocenters. The van der Waals surface area contributed by atoms with Crippen LogP contribution in [0.2, 0.25) is 0 Å². The van der Waals surface area contributed by atoms with Gasteiger partial charge in [-0.15, -0.1) is 11.3 Å². The second-order valence-electron chi connectivity index (χ2n) is 16.6. The third-order valence-corrected chi connectivity index (χ3v) is 12.2. The number of benzene rings is 2. The van der Waals surface area contributed by atoms with Gasteiger partial charge in [-0.2, -0.15) is 0 Å². The number of carbonyl (C=O) groups excluding carboxylic acids is 7. The Morgan fingerprint density at radius 3 is 1.71 bits per heavy atom. The number of hydrogen-bond donors (Lipinski definition) is 9. The van der Waals surface area contributed by atoms with Crippen LogP contribution in [0, 0.1) is 5.92 Å². The van der Waals surface area contributed by atoms with E-state index >= 15 is 0 Å². The van der Waals surface area contributed by atoms with Crippen LogP contribution in [0.5, 0.6) is 0 Å². The zero-order valence-corrected chi connectivity index (χ0v) is 43.1. The molecule has 0 bridgehead atoms. The van der Waals surface area contributed by atoms with Crippen LogP contribution in [-0.2, 0) is 49.6 Å². The summed E-state index contributed by atoms with van der Waals surface area (Å²) in [5.74, 6) is -10.0. The molecule has 0 saturated carbocycles. The van der Waals surface area contributed by atoms with E-state index in [1.54, 1.807) is 55.8 Å². The summed E-state index contributed by atoms with van der Waals surface area (Å²) in [6.45, 7) is 4.90. The van der Waals surface area contributed by atoms with E-state index in [1.165, 1.54) is 11.0 Å². The summed E-state index contributed by atoms with van der Waals surface area (Å²) in [6, 6.07) is 9.94. The normalized spacial score (nSPS) is 22.2. The molecular formula is C45H53N9Na2O11S. The molecule has 4 aromatic rings. The van der Waals surface area contributed by atoms with Crippen LogP contribution in [0.15, 0.2) is 78.3 Å². The minimum absolute atomic E-state index is 0. The molecule has 2 fully saturated rings. The number of rotatable bonds is 12. The first kappa shape index (κ1) is 55.3. The van der Waals surface area contributed by atoms with Crippen molar-refractivity contribution in [1.82, 2.24) is 41.8 Å². The zero-order chi connectivity index (χ0) is 47.5. The molecule has 6 atom stereocenters. The molecule has 2 aromatic carbocycles. The van der Waals surface area contributed by atoms with Crippen molar-refractivity contribution in [2.75, 3.05) is 31.1 Å². The maximum Gasteiger partial charge on any atom is 0.305 e. The molecule has 68 heavy (non-hydrogen) atoms. The molecule has 352 valence electrons. The molecule has 2 aliphatic heterocycles. The number of amides is 7. The standard InChI is InChI=1S/C45H53N9O11S.2Na/c1-25(2)19-30-40(60)47-31(20-26-24-46-29-12-7-6-11-28(26)29)41(61)49-33(22-37(56)57)43(63)48-32(21-36(55)54-16-14-53(15-17-54)27-9-4-3-5-10-27)42(62)50-34(23-38(58)59)44(64)52-39(45(65)51-30)35-13-8-18-66-35;;/h3-13,18,24-25,30-34,39,46H,14-17,19-23H2,1-2H3,(H,47,60)(H,48,63)(H,49,61)(H,50,62)(H,51,65)(H,52,64)(H,56,57)(H,58,59);;/t30-,31+,32-,33+,34-,39+;;/m0../s1. The second-order valence-corrected chi connectivity index (χ2v) is 17.5. The second kappa shape index (κ2) is 25.9. The van der Waals surface area contributed by atoms with Crippen LogP contribution in [-0.4, -0.2) is 189 Å². The molecule has 0 aliphatic carbocycles. The molecule has 23 heteroatoms. The Bertz CT molecular complexity index is 2430. The minimum Gasteiger partial charge on any atom is -0.481 e. The third-order valence-electron chi connectivity index (χ3n) is 11.2. The Labute approximate surface area is 440 Å². The fraction of sp³-hybridized carbons (Fsp3) is 0.400. The van der Waals surface area contributed by atoms with E-state index in [0.29, 0.717) is 28.9 Å². The van der Waals surface area contributed by atoms with Gasteiger partial charge in [-0.3, -0.25) is 43.2 Å². The molecule has 6 rings (SSSR count). The summed E-state index contributed by atoms with van der Waals surface area (Å²) in [4.78, 5) is 130. The van der Waals surface area contributed by atoms with E-state index in [0.717, 1.165) is 22.5 Å². The van der Waals surface area contributed by atoms with Crippen LogP contribution in [0.3, 0.4) is 0 Å². The molecule has 2 aromatic heterocycles. The first-order valence-electron chi connectivity index (χ1n) is 21.5. The number of aliphatic carboxylic acids is 2. The number of fused-ring (bicyclic) bond motifs is 1. The molecular weight excluding hydrogens is 921 g/mol. The zero-order valence-electron chi connectivity index (χ0n) is 38.3. The number of aromatic amines is 1. The molecule has 9 N–H and O–H groups in total. The number of aromatic nitrogens is 1. The Balaban J connectivity index is 0.00000504. The van der Waals surface area contributed by atoms with E-state index in [1.807, 2.05) is 30.3 Å². The number of thiophene rings is 1. The van der Waals surface area contributed by atoms with Gasteiger partial charge in [-0.05, 0) is 47.5 Å². The van der Waals surface area contributed by atoms with Gasteiger partial charge in [0.05, 0.1) is 19.3 Å². The quantitative estimate of drug-likeness (QED) is 0.0852. The number of carboxylic acid groups (broad SMARTS) is 2. The molecule has 4 heterocycles. The minimum atomic E-state index is -1.88. The summed E-state index contributed by atoms with van der Waals surface area (Å²) in [5.41, 5.74) is 2.23. The van der Waals surface area contributed by atoms with Crippen molar-refractivity contribution in [3.8, 4) is 0 Å². The van der Waals surface area contributed by atoms with Crippen LogP contribution >= 0.6 is 11.3 Å². The number of hydrogen-bond acceptors (Lipinski definition) is 11. The number of para-hydroxylation sites is 2. The van der Waals surface area contributed by atoms with Crippen LogP contribution < -0.4 is 36.8 Å². The number of nitrogens with one attached hydrogen (secondary N) is 7. The molecule has 7 amide bonds. The van der Waals surface area contributed by atoms with Crippen molar-refractivity contribution < 1.29 is 53.4 Å². The van der Waals surface area contributed by atoms with Crippen molar-refractivity contribution in [2.24, 2.45) is 5.92 Å². The molecule has 2 aliphatic rings. The van der Waals surface area contributed by atoms with Crippen molar-refractivity contribution in [1.29, 1.82) is 0 Å². The van der Waals surface area contributed by atoms with Crippen LogP contribution in [0.1, 0.15) is 56.0 Å². The number of carboxylic acids is 2. The van der Waals surface area contributed by atoms with Gasteiger partial charge in [0, 0.05) is 119 Å². The summed E-state index contributed by atoms with van der Waals surface area (Å²) in [5, 5.41) is 37.1. The van der Waals surface area contributed by atoms with Gasteiger partial charge in [-0.25, -0.2) is 0 Å². The number of nitrogens with zero attached hydrogens (tertiary/aromatic N) is 2. The topological polar surface area (TPSA) is 289 Å². The fourth-order valence-electron chi connectivity index (χ4n) is 7.87. The molecule has 0 spiro atoms. The number of piperazine rings is 1. The van der Waals surface area contributed by atoms with Crippen LogP contribution in [0.4, 0.5) is 5.69 Å². The van der Waals surface area contributed by atoms with Gasteiger partial charge in [0.25, 0.3) is 0 Å². The van der Waals surface area contributed by atoms with E-state index in [4.69, 9.17) is 0 Å². The van der Waals surface area contributed by atoms with E-state index in [-0.39, 0.29) is 91.0 Å². The van der Waals surface area contributed by atoms with Gasteiger partial charge >= 0.3 is 11.9 Å². The summed E-state index contributed by atoms with van der Waals surface area (Å²) < 4.78 is 0. The Morgan fingerprint density at radius 2 is 1.13 bits per heavy atom. The Kier molecular flexibility index (Phi) is 21.1. The smallest absolute Gasteiger partial charge is 0.305 e. The van der Waals surface area contributed by atoms with Gasteiger partial charge < -0.3 is 56.9 Å². The Hall–Kier alpha value is -5.29. The van der Waals surface area contributed by atoms with Gasteiger partial charge in [0.15, 0.2) is 0 Å².